The molecule has 1 aliphatic rings. The summed E-state index contributed by atoms with van der Waals surface area (Å²) in [6, 6.07) is 3.83. The summed E-state index contributed by atoms with van der Waals surface area (Å²) in [4.78, 5) is 11.0. The van der Waals surface area contributed by atoms with Gasteiger partial charge in [0.05, 0.1) is 20.7 Å². The molecule has 4 nitrogen and oxygen atoms in total. The first kappa shape index (κ1) is 14.3. The summed E-state index contributed by atoms with van der Waals surface area (Å²) in [7, 11) is -3.40. The molecule has 1 fully saturated rings. The molecule has 0 unspecified atom stereocenters. The molecule has 2 rings (SSSR count). The topological polar surface area (TPSA) is 71.4 Å². The van der Waals surface area contributed by atoms with Crippen LogP contribution in [0.2, 0.25) is 5.02 Å². The first-order chi connectivity index (χ1) is 8.93. The molecule has 0 aromatic heterocycles. The van der Waals surface area contributed by atoms with Gasteiger partial charge in [0.25, 0.3) is 0 Å². The van der Waals surface area contributed by atoms with Crippen LogP contribution >= 0.6 is 11.6 Å². The Balaban J connectivity index is 2.35. The molecule has 6 heteroatoms. The fraction of sp³-hybridized carbons (Fsp3) is 0.462. The molecular weight excluding hydrogens is 288 g/mol. The maximum atomic E-state index is 12.4. The molecule has 1 aromatic carbocycles. The monoisotopic (exact) mass is 302 g/mol. The average molecular weight is 303 g/mol. The van der Waals surface area contributed by atoms with Gasteiger partial charge >= 0.3 is 5.97 Å². The Kier molecular flexibility index (Phi) is 4.16. The third-order valence-corrected chi connectivity index (χ3v) is 6.06. The number of hydrogen-bond donors (Lipinski definition) is 1. The first-order valence-corrected chi connectivity index (χ1v) is 8.12. The highest BCUT2D eigenvalue weighted by atomic mass is 35.5. The summed E-state index contributed by atoms with van der Waals surface area (Å²) < 4.78 is 24.8. The van der Waals surface area contributed by atoms with E-state index in [1.54, 1.807) is 0 Å². The predicted octanol–water partition coefficient (Wildman–Crippen LogP) is 3.14. The van der Waals surface area contributed by atoms with Crippen molar-refractivity contribution in [3.63, 3.8) is 0 Å². The van der Waals surface area contributed by atoms with E-state index in [9.17, 15) is 13.2 Å². The number of hydrogen-bond acceptors (Lipinski definition) is 3. The molecular formula is C13H15ClO4S. The van der Waals surface area contributed by atoms with Crippen molar-refractivity contribution in [2.24, 2.45) is 0 Å². The molecule has 0 radical (unpaired) electrons. The fourth-order valence-electron chi connectivity index (χ4n) is 2.41. The van der Waals surface area contributed by atoms with Crippen molar-refractivity contribution in [3.8, 4) is 0 Å². The molecule has 0 spiro atoms. The van der Waals surface area contributed by atoms with Gasteiger partial charge in [0.2, 0.25) is 0 Å². The smallest absolute Gasteiger partial charge is 0.337 e. The predicted molar refractivity (Wildman–Crippen MR) is 72.5 cm³/mol. The van der Waals surface area contributed by atoms with Crippen LogP contribution in [0, 0.1) is 0 Å². The SMILES string of the molecule is O=C(O)c1ccc(S(=O)(=O)C2CCCCC2)cc1Cl. The van der Waals surface area contributed by atoms with Crippen LogP contribution in [-0.4, -0.2) is 24.7 Å². The highest BCUT2D eigenvalue weighted by Crippen LogP contribution is 2.30. The van der Waals surface area contributed by atoms with Gasteiger partial charge < -0.3 is 5.11 Å². The van der Waals surface area contributed by atoms with E-state index in [1.165, 1.54) is 18.2 Å². The van der Waals surface area contributed by atoms with Crippen molar-refractivity contribution in [1.29, 1.82) is 0 Å². The lowest BCUT2D eigenvalue weighted by Crippen LogP contribution is -2.24. The lowest BCUT2D eigenvalue weighted by atomic mass is 10.0. The Morgan fingerprint density at radius 3 is 2.37 bits per heavy atom. The molecule has 1 saturated carbocycles. The van der Waals surface area contributed by atoms with Gasteiger partial charge in [-0.05, 0) is 31.0 Å². The van der Waals surface area contributed by atoms with E-state index in [1.807, 2.05) is 0 Å². The summed E-state index contributed by atoms with van der Waals surface area (Å²) in [6.45, 7) is 0. The minimum atomic E-state index is -3.40. The summed E-state index contributed by atoms with van der Waals surface area (Å²) in [5.41, 5.74) is -0.0794. The van der Waals surface area contributed by atoms with Crippen LogP contribution < -0.4 is 0 Å². The minimum absolute atomic E-state index is 0.0376. The van der Waals surface area contributed by atoms with Gasteiger partial charge in [0, 0.05) is 0 Å². The highest BCUT2D eigenvalue weighted by Gasteiger charge is 2.29. The van der Waals surface area contributed by atoms with Gasteiger partial charge in [-0.3, -0.25) is 0 Å². The third kappa shape index (κ3) is 2.92. The summed E-state index contributed by atoms with van der Waals surface area (Å²) >= 11 is 5.82. The van der Waals surface area contributed by atoms with E-state index >= 15 is 0 Å². The van der Waals surface area contributed by atoms with E-state index in [4.69, 9.17) is 16.7 Å². The van der Waals surface area contributed by atoms with E-state index in [0.29, 0.717) is 12.8 Å². The molecule has 0 aliphatic heterocycles. The number of carbonyl (C=O) groups is 1. The maximum Gasteiger partial charge on any atom is 0.337 e. The zero-order chi connectivity index (χ0) is 14.0. The molecule has 0 heterocycles. The van der Waals surface area contributed by atoms with Crippen molar-refractivity contribution in [2.75, 3.05) is 0 Å². The molecule has 104 valence electrons. The molecule has 19 heavy (non-hydrogen) atoms. The Morgan fingerprint density at radius 1 is 1.21 bits per heavy atom. The van der Waals surface area contributed by atoms with Gasteiger partial charge in [0.1, 0.15) is 0 Å². The second kappa shape index (κ2) is 5.51. The minimum Gasteiger partial charge on any atom is -0.478 e. The molecule has 1 N–H and O–H groups in total. The number of aromatic carboxylic acids is 1. The van der Waals surface area contributed by atoms with Crippen LogP contribution in [0.15, 0.2) is 23.1 Å². The van der Waals surface area contributed by atoms with Crippen LogP contribution in [0.25, 0.3) is 0 Å². The number of sulfone groups is 1. The van der Waals surface area contributed by atoms with E-state index in [2.05, 4.69) is 0 Å². The second-order valence-corrected chi connectivity index (χ2v) is 7.39. The second-order valence-electron chi connectivity index (χ2n) is 4.75. The number of carboxylic acid groups (broad SMARTS) is 1. The summed E-state index contributed by atoms with van der Waals surface area (Å²) in [5.74, 6) is -1.16. The van der Waals surface area contributed by atoms with Crippen LogP contribution in [0.1, 0.15) is 42.5 Å². The van der Waals surface area contributed by atoms with Gasteiger partial charge in [-0.1, -0.05) is 30.9 Å². The first-order valence-electron chi connectivity index (χ1n) is 6.19. The number of halogens is 1. The van der Waals surface area contributed by atoms with Crippen molar-refractivity contribution >= 4 is 27.4 Å². The van der Waals surface area contributed by atoms with Crippen LogP contribution in [-0.2, 0) is 9.84 Å². The largest absolute Gasteiger partial charge is 0.478 e. The lowest BCUT2D eigenvalue weighted by molar-refractivity contribution is 0.0697. The molecule has 1 aromatic rings. The molecule has 0 amide bonds. The molecule has 0 atom stereocenters. The number of benzene rings is 1. The van der Waals surface area contributed by atoms with E-state index in [0.717, 1.165) is 19.3 Å². The van der Waals surface area contributed by atoms with Gasteiger partial charge in [0.15, 0.2) is 9.84 Å². The number of carboxylic acids is 1. The van der Waals surface area contributed by atoms with Gasteiger partial charge in [-0.2, -0.15) is 0 Å². The van der Waals surface area contributed by atoms with E-state index in [-0.39, 0.29) is 20.7 Å². The standard InChI is InChI=1S/C13H15ClO4S/c14-12-8-10(6-7-11(12)13(15)16)19(17,18)9-4-2-1-3-5-9/h6-9H,1-5H2,(H,15,16). The van der Waals surface area contributed by atoms with Crippen LogP contribution in [0.4, 0.5) is 0 Å². The average Bonchev–Trinajstić information content (AvgIpc) is 2.39. The number of rotatable bonds is 3. The Bertz CT molecular complexity index is 589. The highest BCUT2D eigenvalue weighted by molar-refractivity contribution is 7.92. The van der Waals surface area contributed by atoms with Crippen molar-refractivity contribution in [2.45, 2.75) is 42.2 Å². The van der Waals surface area contributed by atoms with Gasteiger partial charge in [-0.25, -0.2) is 13.2 Å². The quantitative estimate of drug-likeness (QED) is 0.931. The normalized spacial score (nSPS) is 17.3. The van der Waals surface area contributed by atoms with Crippen molar-refractivity contribution < 1.29 is 18.3 Å². The van der Waals surface area contributed by atoms with Crippen LogP contribution in [0.3, 0.4) is 0 Å². The zero-order valence-corrected chi connectivity index (χ0v) is 11.9. The van der Waals surface area contributed by atoms with Crippen molar-refractivity contribution in [3.05, 3.63) is 28.8 Å². The Morgan fingerprint density at radius 2 is 1.84 bits per heavy atom. The summed E-state index contributed by atoms with van der Waals surface area (Å²) in [5, 5.41) is 8.47. The Hall–Kier alpha value is -1.07. The molecule has 1 aliphatic carbocycles. The van der Waals surface area contributed by atoms with Crippen LogP contribution in [0.5, 0.6) is 0 Å². The van der Waals surface area contributed by atoms with Crippen molar-refractivity contribution in [1.82, 2.24) is 0 Å². The molecule has 0 saturated heterocycles. The maximum absolute atomic E-state index is 12.4. The van der Waals surface area contributed by atoms with E-state index < -0.39 is 15.8 Å². The zero-order valence-electron chi connectivity index (χ0n) is 10.3. The Labute approximate surface area is 117 Å². The fourth-order valence-corrected chi connectivity index (χ4v) is 4.62. The summed E-state index contributed by atoms with van der Waals surface area (Å²) in [6.07, 6.45) is 4.25. The van der Waals surface area contributed by atoms with Gasteiger partial charge in [-0.15, -0.1) is 0 Å². The molecule has 0 bridgehead atoms. The third-order valence-electron chi connectivity index (χ3n) is 3.49. The lowest BCUT2D eigenvalue weighted by Gasteiger charge is -2.21.